The van der Waals surface area contributed by atoms with Crippen LogP contribution >= 0.6 is 0 Å². The molecular weight excluding hydrogens is 214 g/mol. The molecule has 1 aromatic heterocycles. The van der Waals surface area contributed by atoms with E-state index in [2.05, 4.69) is 10.3 Å². The predicted octanol–water partition coefficient (Wildman–Crippen LogP) is 0.409. The number of hydrogen-bond acceptors (Lipinski definition) is 6. The van der Waals surface area contributed by atoms with Crippen LogP contribution in [0.3, 0.4) is 0 Å². The van der Waals surface area contributed by atoms with Gasteiger partial charge in [-0.1, -0.05) is 0 Å². The van der Waals surface area contributed by atoms with Gasteiger partial charge in [0.1, 0.15) is 0 Å². The minimum Gasteiger partial charge on any atom is -0.389 e. The van der Waals surface area contributed by atoms with Crippen molar-refractivity contribution in [3.8, 4) is 0 Å². The molecule has 7 heteroatoms. The van der Waals surface area contributed by atoms with E-state index in [0.29, 0.717) is 0 Å². The van der Waals surface area contributed by atoms with Crippen LogP contribution in [0.5, 0.6) is 0 Å². The van der Waals surface area contributed by atoms with Gasteiger partial charge in [-0.25, -0.2) is 4.98 Å². The monoisotopic (exact) mass is 227 g/mol. The van der Waals surface area contributed by atoms with Crippen LogP contribution in [0.25, 0.3) is 0 Å². The number of pyridine rings is 1. The summed E-state index contributed by atoms with van der Waals surface area (Å²) < 4.78 is 4.73. The second-order valence-corrected chi connectivity index (χ2v) is 3.12. The lowest BCUT2D eigenvalue weighted by atomic mass is 10.3. The minimum absolute atomic E-state index is 0.118. The van der Waals surface area contributed by atoms with E-state index < -0.39 is 11.0 Å². The predicted molar refractivity (Wildman–Crippen MR) is 57.3 cm³/mol. The zero-order chi connectivity index (χ0) is 12.0. The van der Waals surface area contributed by atoms with Gasteiger partial charge in [0.05, 0.1) is 17.6 Å². The molecule has 2 N–H and O–H groups in total. The number of rotatable bonds is 6. The Labute approximate surface area is 92.2 Å². The summed E-state index contributed by atoms with van der Waals surface area (Å²) in [5.74, 6) is 0.141. The minimum atomic E-state index is -0.730. The molecule has 0 bridgehead atoms. The van der Waals surface area contributed by atoms with Crippen molar-refractivity contribution in [1.29, 1.82) is 0 Å². The lowest BCUT2D eigenvalue weighted by Crippen LogP contribution is -2.24. The number of aliphatic hydroxyl groups is 1. The summed E-state index contributed by atoms with van der Waals surface area (Å²) in [5, 5.41) is 22.7. The van der Waals surface area contributed by atoms with Crippen LogP contribution in [0.1, 0.15) is 0 Å². The molecule has 0 saturated heterocycles. The van der Waals surface area contributed by atoms with Crippen molar-refractivity contribution < 1.29 is 14.8 Å². The Morgan fingerprint density at radius 1 is 1.75 bits per heavy atom. The van der Waals surface area contributed by atoms with E-state index in [1.165, 1.54) is 25.4 Å². The molecule has 7 nitrogen and oxygen atoms in total. The molecule has 0 aromatic carbocycles. The van der Waals surface area contributed by atoms with Crippen LogP contribution in [0, 0.1) is 10.1 Å². The van der Waals surface area contributed by atoms with Crippen molar-refractivity contribution in [1.82, 2.24) is 4.98 Å². The Hall–Kier alpha value is -1.73. The van der Waals surface area contributed by atoms with Gasteiger partial charge in [0.25, 0.3) is 0 Å². The number of nitrogens with zero attached hydrogens (tertiary/aromatic N) is 2. The Morgan fingerprint density at radius 3 is 3.12 bits per heavy atom. The Kier molecular flexibility index (Phi) is 4.62. The van der Waals surface area contributed by atoms with E-state index in [1.807, 2.05) is 0 Å². The Balaban J connectivity index is 2.63. The highest BCUT2D eigenvalue weighted by Crippen LogP contribution is 2.19. The maximum Gasteiger partial charge on any atom is 0.311 e. The fourth-order valence-electron chi connectivity index (χ4n) is 1.15. The molecule has 1 aromatic rings. The highest BCUT2D eigenvalue weighted by atomic mass is 16.6. The summed E-state index contributed by atoms with van der Waals surface area (Å²) in [6.07, 6.45) is 0.713. The van der Waals surface area contributed by atoms with Crippen molar-refractivity contribution in [2.45, 2.75) is 6.10 Å². The van der Waals surface area contributed by atoms with Crippen LogP contribution in [0.4, 0.5) is 11.5 Å². The van der Waals surface area contributed by atoms with Crippen molar-refractivity contribution in [2.75, 3.05) is 25.6 Å². The van der Waals surface area contributed by atoms with E-state index in [4.69, 9.17) is 4.74 Å². The third-order valence-corrected chi connectivity index (χ3v) is 1.85. The van der Waals surface area contributed by atoms with Gasteiger partial charge >= 0.3 is 5.69 Å². The van der Waals surface area contributed by atoms with Crippen LogP contribution < -0.4 is 5.32 Å². The van der Waals surface area contributed by atoms with Crippen LogP contribution in [-0.4, -0.2) is 41.4 Å². The van der Waals surface area contributed by atoms with Crippen molar-refractivity contribution >= 4 is 11.5 Å². The van der Waals surface area contributed by atoms with Gasteiger partial charge < -0.3 is 15.2 Å². The normalized spacial score (nSPS) is 12.1. The van der Waals surface area contributed by atoms with Crippen molar-refractivity contribution in [2.24, 2.45) is 0 Å². The van der Waals surface area contributed by atoms with Crippen LogP contribution in [0.2, 0.25) is 0 Å². The van der Waals surface area contributed by atoms with Crippen LogP contribution in [-0.2, 0) is 4.74 Å². The molecular formula is C9H13N3O4. The number of anilines is 1. The summed E-state index contributed by atoms with van der Waals surface area (Å²) in [5.41, 5.74) is -0.118. The summed E-state index contributed by atoms with van der Waals surface area (Å²) in [6.45, 7) is 0.305. The highest BCUT2D eigenvalue weighted by Gasteiger charge is 2.14. The average molecular weight is 227 g/mol. The number of ether oxygens (including phenoxy) is 1. The highest BCUT2D eigenvalue weighted by molar-refractivity contribution is 5.55. The zero-order valence-corrected chi connectivity index (χ0v) is 8.79. The van der Waals surface area contributed by atoms with Gasteiger partial charge in [-0.2, -0.15) is 0 Å². The molecule has 1 heterocycles. The molecule has 0 spiro atoms. The zero-order valence-electron chi connectivity index (χ0n) is 8.79. The summed E-state index contributed by atoms with van der Waals surface area (Å²) >= 11 is 0. The average Bonchev–Trinajstić information content (AvgIpc) is 2.27. The number of aromatic nitrogens is 1. The molecule has 0 aliphatic rings. The van der Waals surface area contributed by atoms with Gasteiger partial charge in [0, 0.05) is 25.9 Å². The molecule has 0 aliphatic heterocycles. The second kappa shape index (κ2) is 5.99. The summed E-state index contributed by atoms with van der Waals surface area (Å²) in [6, 6.07) is 2.83. The SMILES string of the molecule is COCC(O)CNc1ncccc1[N+](=O)[O-]. The lowest BCUT2D eigenvalue weighted by Gasteiger charge is -2.10. The first-order valence-electron chi connectivity index (χ1n) is 4.65. The molecule has 0 radical (unpaired) electrons. The van der Waals surface area contributed by atoms with Gasteiger partial charge in [-0.15, -0.1) is 0 Å². The fraction of sp³-hybridized carbons (Fsp3) is 0.444. The second-order valence-electron chi connectivity index (χ2n) is 3.12. The first-order chi connectivity index (χ1) is 7.65. The lowest BCUT2D eigenvalue weighted by molar-refractivity contribution is -0.384. The smallest absolute Gasteiger partial charge is 0.311 e. The topological polar surface area (TPSA) is 97.5 Å². The van der Waals surface area contributed by atoms with E-state index >= 15 is 0 Å². The molecule has 1 rings (SSSR count). The first-order valence-corrected chi connectivity index (χ1v) is 4.65. The van der Waals surface area contributed by atoms with Gasteiger partial charge in [-0.05, 0) is 6.07 Å². The molecule has 1 atom stereocenters. The van der Waals surface area contributed by atoms with Crippen molar-refractivity contribution in [3.63, 3.8) is 0 Å². The quantitative estimate of drug-likeness (QED) is 0.539. The molecule has 88 valence electrons. The third-order valence-electron chi connectivity index (χ3n) is 1.85. The fourth-order valence-corrected chi connectivity index (χ4v) is 1.15. The maximum atomic E-state index is 10.6. The molecule has 0 saturated carbocycles. The van der Waals surface area contributed by atoms with Crippen molar-refractivity contribution in [3.05, 3.63) is 28.4 Å². The molecule has 1 unspecified atom stereocenters. The molecule has 0 amide bonds. The number of nitro groups is 1. The van der Waals surface area contributed by atoms with Gasteiger partial charge in [-0.3, -0.25) is 10.1 Å². The Morgan fingerprint density at radius 2 is 2.50 bits per heavy atom. The van der Waals surface area contributed by atoms with E-state index in [0.717, 1.165) is 0 Å². The number of nitrogens with one attached hydrogen (secondary N) is 1. The standard InChI is InChI=1S/C9H13N3O4/c1-16-6-7(13)5-11-9-8(12(14)15)3-2-4-10-9/h2-4,7,13H,5-6H2,1H3,(H,10,11). The molecule has 0 aliphatic carbocycles. The number of hydrogen-bond donors (Lipinski definition) is 2. The summed E-state index contributed by atoms with van der Waals surface area (Å²) in [7, 11) is 1.46. The number of aliphatic hydroxyl groups excluding tert-OH is 1. The number of methoxy groups -OCH3 is 1. The third kappa shape index (κ3) is 3.44. The maximum absolute atomic E-state index is 10.6. The molecule has 0 fully saturated rings. The van der Waals surface area contributed by atoms with Gasteiger partial charge in [0.15, 0.2) is 0 Å². The van der Waals surface area contributed by atoms with Gasteiger partial charge in [0.2, 0.25) is 5.82 Å². The first kappa shape index (κ1) is 12.3. The Bertz CT molecular complexity index is 358. The van der Waals surface area contributed by atoms with E-state index in [-0.39, 0.29) is 24.7 Å². The molecule has 16 heavy (non-hydrogen) atoms. The van der Waals surface area contributed by atoms with E-state index in [1.54, 1.807) is 0 Å². The summed E-state index contributed by atoms with van der Waals surface area (Å²) in [4.78, 5) is 13.9. The van der Waals surface area contributed by atoms with Crippen LogP contribution in [0.15, 0.2) is 18.3 Å². The largest absolute Gasteiger partial charge is 0.389 e. The van der Waals surface area contributed by atoms with E-state index in [9.17, 15) is 15.2 Å².